The van der Waals surface area contributed by atoms with Crippen LogP contribution in [0.4, 0.5) is 5.95 Å². The summed E-state index contributed by atoms with van der Waals surface area (Å²) in [5, 5.41) is 19.2. The summed E-state index contributed by atoms with van der Waals surface area (Å²) in [4.78, 5) is 17.5. The number of fused-ring (bicyclic) bond motifs is 2. The van der Waals surface area contributed by atoms with E-state index in [1.54, 1.807) is 28.6 Å². The molecule has 1 aliphatic heterocycles. The first kappa shape index (κ1) is 18.0. The van der Waals surface area contributed by atoms with Crippen molar-refractivity contribution in [2.24, 2.45) is 5.92 Å². The topological polar surface area (TPSA) is 80.0 Å². The Balaban J connectivity index is 1.54. The Morgan fingerprint density at radius 2 is 1.93 bits per heavy atom. The highest BCUT2D eigenvalue weighted by Crippen LogP contribution is 2.44. The Morgan fingerprint density at radius 1 is 1.14 bits per heavy atom. The molecule has 0 bridgehead atoms. The number of aromatic nitrogens is 3. The first-order valence-corrected chi connectivity index (χ1v) is 10.6. The third kappa shape index (κ3) is 3.31. The number of anilines is 1. The summed E-state index contributed by atoms with van der Waals surface area (Å²) in [7, 11) is 0. The number of hydrogen-bond acceptors (Lipinski definition) is 6. The number of aromatic hydroxyl groups is 1. The van der Waals surface area contributed by atoms with Gasteiger partial charge in [0.15, 0.2) is 0 Å². The van der Waals surface area contributed by atoms with Gasteiger partial charge in [-0.25, -0.2) is 4.68 Å². The second-order valence-corrected chi connectivity index (χ2v) is 8.15. The predicted octanol–water partition coefficient (Wildman–Crippen LogP) is 4.15. The molecule has 146 valence electrons. The molecule has 6 nitrogen and oxygen atoms in total. The standard InChI is InChI=1S/C22H20N4O2S/c27-17-11-5-4-9-15(17)20-19-16(10-6-12-18(19)28)23-21-24-22(25-26(20)21)29-13-14-7-2-1-3-8-14/h1-5,7-11,19-20,27H,6,12-13H2,(H,23,24,25)/t19-,20-/m1/s1. The van der Waals surface area contributed by atoms with Gasteiger partial charge in [0.05, 0.1) is 12.0 Å². The van der Waals surface area contributed by atoms with Crippen LogP contribution in [-0.4, -0.2) is 25.7 Å². The van der Waals surface area contributed by atoms with Gasteiger partial charge in [-0.05, 0) is 18.1 Å². The number of para-hydroxylation sites is 1. The third-order valence-corrected chi connectivity index (χ3v) is 6.26. The number of phenolic OH excluding ortho intramolecular Hbond substituents is 1. The van der Waals surface area contributed by atoms with Crippen LogP contribution in [0.2, 0.25) is 0 Å². The number of ketones is 1. The molecule has 0 unspecified atom stereocenters. The summed E-state index contributed by atoms with van der Waals surface area (Å²) < 4.78 is 1.76. The summed E-state index contributed by atoms with van der Waals surface area (Å²) in [6.45, 7) is 0. The Hall–Kier alpha value is -3.06. The number of Topliss-reactive ketones (excluding diaryl/α,β-unsaturated/α-hetero) is 1. The van der Waals surface area contributed by atoms with Crippen molar-refractivity contribution in [2.75, 3.05) is 5.32 Å². The van der Waals surface area contributed by atoms with E-state index in [9.17, 15) is 9.90 Å². The molecule has 0 fully saturated rings. The number of carbonyl (C=O) groups excluding carboxylic acids is 1. The lowest BCUT2D eigenvalue weighted by molar-refractivity contribution is -0.123. The second-order valence-electron chi connectivity index (χ2n) is 7.21. The number of benzene rings is 2. The molecular formula is C22H20N4O2S. The van der Waals surface area contributed by atoms with Gasteiger partial charge in [-0.15, -0.1) is 5.10 Å². The van der Waals surface area contributed by atoms with Gasteiger partial charge in [-0.1, -0.05) is 66.4 Å². The van der Waals surface area contributed by atoms with Crippen LogP contribution in [0.25, 0.3) is 0 Å². The Kier molecular flexibility index (Phi) is 4.60. The van der Waals surface area contributed by atoms with E-state index in [4.69, 9.17) is 5.10 Å². The highest BCUT2D eigenvalue weighted by atomic mass is 32.2. The highest BCUT2D eigenvalue weighted by Gasteiger charge is 2.42. The van der Waals surface area contributed by atoms with Crippen molar-refractivity contribution in [1.82, 2.24) is 14.8 Å². The average molecular weight is 404 g/mol. The number of allylic oxidation sites excluding steroid dienone is 2. The number of thioether (sulfide) groups is 1. The third-order valence-electron chi connectivity index (χ3n) is 5.35. The van der Waals surface area contributed by atoms with Crippen molar-refractivity contribution < 1.29 is 9.90 Å². The van der Waals surface area contributed by atoms with Gasteiger partial charge in [0, 0.05) is 23.4 Å². The number of carbonyl (C=O) groups is 1. The Labute approximate surface area is 172 Å². The number of nitrogens with one attached hydrogen (secondary N) is 1. The average Bonchev–Trinajstić information content (AvgIpc) is 3.15. The van der Waals surface area contributed by atoms with Crippen molar-refractivity contribution >= 4 is 23.5 Å². The molecule has 1 aromatic heterocycles. The molecular weight excluding hydrogens is 384 g/mol. The number of rotatable bonds is 4. The van der Waals surface area contributed by atoms with Crippen molar-refractivity contribution in [3.8, 4) is 5.75 Å². The molecule has 2 N–H and O–H groups in total. The van der Waals surface area contributed by atoms with E-state index >= 15 is 0 Å². The van der Waals surface area contributed by atoms with E-state index in [2.05, 4.69) is 28.5 Å². The zero-order valence-corrected chi connectivity index (χ0v) is 16.5. The smallest absolute Gasteiger partial charge is 0.227 e. The lowest BCUT2D eigenvalue weighted by Crippen LogP contribution is -2.38. The molecule has 0 saturated heterocycles. The van der Waals surface area contributed by atoms with Crippen LogP contribution in [0.3, 0.4) is 0 Å². The molecule has 3 aromatic rings. The van der Waals surface area contributed by atoms with E-state index in [1.165, 1.54) is 5.56 Å². The summed E-state index contributed by atoms with van der Waals surface area (Å²) in [5.41, 5.74) is 2.74. The molecule has 2 atom stereocenters. The number of nitrogens with zero attached hydrogens (tertiary/aromatic N) is 3. The lowest BCUT2D eigenvalue weighted by atomic mass is 9.80. The number of phenols is 1. The molecule has 0 amide bonds. The van der Waals surface area contributed by atoms with Crippen molar-refractivity contribution in [3.63, 3.8) is 0 Å². The zero-order chi connectivity index (χ0) is 19.8. The van der Waals surface area contributed by atoms with Crippen LogP contribution in [-0.2, 0) is 10.5 Å². The largest absolute Gasteiger partial charge is 0.508 e. The molecule has 5 rings (SSSR count). The maximum atomic E-state index is 12.8. The SMILES string of the molecule is O=C1CCC=C2Nc3nc(SCc4ccccc4)nn3[C@H](c3ccccc3O)[C@@H]12. The van der Waals surface area contributed by atoms with Crippen LogP contribution in [0.5, 0.6) is 5.75 Å². The van der Waals surface area contributed by atoms with Crippen LogP contribution >= 0.6 is 11.8 Å². The van der Waals surface area contributed by atoms with Crippen molar-refractivity contribution in [2.45, 2.75) is 29.8 Å². The quantitative estimate of drug-likeness (QED) is 0.636. The Morgan fingerprint density at radius 3 is 2.76 bits per heavy atom. The van der Waals surface area contributed by atoms with Gasteiger partial charge in [0.2, 0.25) is 11.1 Å². The summed E-state index contributed by atoms with van der Waals surface area (Å²) in [6.07, 6.45) is 3.28. The van der Waals surface area contributed by atoms with Gasteiger partial charge in [-0.3, -0.25) is 4.79 Å². The van der Waals surface area contributed by atoms with Crippen molar-refractivity contribution in [1.29, 1.82) is 0 Å². The molecule has 0 radical (unpaired) electrons. The molecule has 2 aliphatic rings. The normalized spacial score (nSPS) is 20.4. The van der Waals surface area contributed by atoms with Gasteiger partial charge < -0.3 is 10.4 Å². The fourth-order valence-corrected chi connectivity index (χ4v) is 4.77. The minimum absolute atomic E-state index is 0.155. The van der Waals surface area contributed by atoms with E-state index in [0.29, 0.717) is 23.1 Å². The van der Waals surface area contributed by atoms with Gasteiger partial charge >= 0.3 is 0 Å². The van der Waals surface area contributed by atoms with Crippen molar-refractivity contribution in [3.05, 3.63) is 77.5 Å². The van der Waals surface area contributed by atoms with E-state index in [1.807, 2.05) is 30.3 Å². The summed E-state index contributed by atoms with van der Waals surface area (Å²) >= 11 is 1.55. The van der Waals surface area contributed by atoms with Gasteiger partial charge in [0.25, 0.3) is 0 Å². The van der Waals surface area contributed by atoms with Gasteiger partial charge in [-0.2, -0.15) is 4.98 Å². The molecule has 2 aromatic carbocycles. The zero-order valence-electron chi connectivity index (χ0n) is 15.7. The fourth-order valence-electron chi connectivity index (χ4n) is 3.99. The van der Waals surface area contributed by atoms with E-state index < -0.39 is 12.0 Å². The molecule has 7 heteroatoms. The van der Waals surface area contributed by atoms with Gasteiger partial charge in [0.1, 0.15) is 11.5 Å². The van der Waals surface area contributed by atoms with Crippen LogP contribution in [0.1, 0.15) is 30.0 Å². The molecule has 2 heterocycles. The molecule has 1 aliphatic carbocycles. The highest BCUT2D eigenvalue weighted by molar-refractivity contribution is 7.98. The van der Waals surface area contributed by atoms with E-state index in [0.717, 1.165) is 17.9 Å². The molecule has 0 spiro atoms. The molecule has 29 heavy (non-hydrogen) atoms. The minimum Gasteiger partial charge on any atom is -0.508 e. The van der Waals surface area contributed by atoms with E-state index in [-0.39, 0.29) is 11.5 Å². The van der Waals surface area contributed by atoms with Crippen LogP contribution in [0, 0.1) is 5.92 Å². The predicted molar refractivity (Wildman–Crippen MR) is 112 cm³/mol. The molecule has 0 saturated carbocycles. The lowest BCUT2D eigenvalue weighted by Gasteiger charge is -2.36. The Bertz CT molecular complexity index is 1090. The first-order valence-electron chi connectivity index (χ1n) is 9.61. The van der Waals surface area contributed by atoms with Crippen LogP contribution < -0.4 is 5.32 Å². The first-order chi connectivity index (χ1) is 14.2. The maximum absolute atomic E-state index is 12.8. The summed E-state index contributed by atoms with van der Waals surface area (Å²) in [5.74, 6) is 1.29. The summed E-state index contributed by atoms with van der Waals surface area (Å²) in [6, 6.07) is 16.9. The number of hydrogen-bond donors (Lipinski definition) is 2. The fraction of sp³-hybridized carbons (Fsp3) is 0.227. The van der Waals surface area contributed by atoms with Crippen LogP contribution in [0.15, 0.2) is 71.5 Å². The second kappa shape index (κ2) is 7.40. The monoisotopic (exact) mass is 404 g/mol. The maximum Gasteiger partial charge on any atom is 0.227 e. The minimum atomic E-state index is -0.412.